The smallest absolute Gasteiger partial charge is 0.174 e. The van der Waals surface area contributed by atoms with Crippen molar-refractivity contribution >= 4 is 39.6 Å². The number of hydrogen-bond acceptors (Lipinski definition) is 5. The van der Waals surface area contributed by atoms with Gasteiger partial charge in [0.2, 0.25) is 0 Å². The molecule has 0 unspecified atom stereocenters. The van der Waals surface area contributed by atoms with Crippen LogP contribution in [0.5, 0.6) is 0 Å². The van der Waals surface area contributed by atoms with Crippen molar-refractivity contribution in [2.24, 2.45) is 0 Å². The first-order valence-corrected chi connectivity index (χ1v) is 7.89. The molecule has 0 aliphatic rings. The Kier molecular flexibility index (Phi) is 5.33. The lowest BCUT2D eigenvalue weighted by molar-refractivity contribution is 0.0992. The van der Waals surface area contributed by atoms with Gasteiger partial charge < -0.3 is 10.6 Å². The molecule has 0 atom stereocenters. The first-order valence-electron chi connectivity index (χ1n) is 5.84. The number of carbonyl (C=O) groups is 1. The average molecular weight is 272 g/mol. The Morgan fingerprint density at radius 2 is 1.94 bits per heavy atom. The number of thiophene rings is 1. The van der Waals surface area contributed by atoms with E-state index < -0.39 is 0 Å². The van der Waals surface area contributed by atoms with Crippen molar-refractivity contribution < 1.29 is 4.79 Å². The summed E-state index contributed by atoms with van der Waals surface area (Å²) in [7, 11) is 0. The first kappa shape index (κ1) is 14.4. The predicted octanol–water partition coefficient (Wildman–Crippen LogP) is 3.49. The van der Waals surface area contributed by atoms with E-state index in [9.17, 15) is 4.79 Å². The summed E-state index contributed by atoms with van der Waals surface area (Å²) in [5.41, 5.74) is 6.74. The van der Waals surface area contributed by atoms with Gasteiger partial charge in [-0.2, -0.15) is 0 Å². The Morgan fingerprint density at radius 3 is 2.35 bits per heavy atom. The van der Waals surface area contributed by atoms with Crippen LogP contribution in [0.2, 0.25) is 0 Å². The second-order valence-corrected chi connectivity index (χ2v) is 5.45. The van der Waals surface area contributed by atoms with Crippen molar-refractivity contribution in [3.63, 3.8) is 0 Å². The summed E-state index contributed by atoms with van der Waals surface area (Å²) < 4.78 is 0. The maximum Gasteiger partial charge on any atom is 0.174 e. The SMILES string of the molecule is CCC(=O)c1sc(N(CC)CC)c(SC)c1N. The van der Waals surface area contributed by atoms with Crippen LogP contribution in [0.3, 0.4) is 0 Å². The second kappa shape index (κ2) is 6.31. The molecule has 0 bridgehead atoms. The van der Waals surface area contributed by atoms with Crippen molar-refractivity contribution in [3.8, 4) is 0 Å². The van der Waals surface area contributed by atoms with Crippen LogP contribution in [0.4, 0.5) is 10.7 Å². The van der Waals surface area contributed by atoms with Crippen molar-refractivity contribution in [2.75, 3.05) is 30.0 Å². The molecule has 0 spiro atoms. The van der Waals surface area contributed by atoms with Crippen LogP contribution in [0.25, 0.3) is 0 Å². The summed E-state index contributed by atoms with van der Waals surface area (Å²) >= 11 is 3.15. The van der Waals surface area contributed by atoms with Gasteiger partial charge in [-0.1, -0.05) is 6.92 Å². The summed E-state index contributed by atoms with van der Waals surface area (Å²) in [4.78, 5) is 15.8. The lowest BCUT2D eigenvalue weighted by atomic mass is 10.2. The highest BCUT2D eigenvalue weighted by Gasteiger charge is 2.21. The molecule has 0 saturated heterocycles. The van der Waals surface area contributed by atoms with E-state index in [4.69, 9.17) is 5.73 Å². The van der Waals surface area contributed by atoms with Gasteiger partial charge >= 0.3 is 0 Å². The number of nitrogen functional groups attached to an aromatic ring is 1. The maximum atomic E-state index is 11.8. The molecule has 3 nitrogen and oxygen atoms in total. The third-order valence-corrected chi connectivity index (χ3v) is 4.97. The van der Waals surface area contributed by atoms with Gasteiger partial charge in [-0.05, 0) is 20.1 Å². The van der Waals surface area contributed by atoms with Crippen molar-refractivity contribution in [3.05, 3.63) is 4.88 Å². The third-order valence-electron chi connectivity index (χ3n) is 2.71. The molecule has 1 aromatic heterocycles. The molecule has 1 aromatic rings. The number of ketones is 1. The Balaban J connectivity index is 3.26. The fourth-order valence-electron chi connectivity index (χ4n) is 1.70. The fourth-order valence-corrected chi connectivity index (χ4v) is 4.02. The van der Waals surface area contributed by atoms with Gasteiger partial charge in [0.05, 0.1) is 15.5 Å². The zero-order valence-corrected chi connectivity index (χ0v) is 12.5. The molecule has 5 heteroatoms. The van der Waals surface area contributed by atoms with Gasteiger partial charge in [-0.15, -0.1) is 23.1 Å². The van der Waals surface area contributed by atoms with Crippen LogP contribution >= 0.6 is 23.1 Å². The largest absolute Gasteiger partial charge is 0.396 e. The van der Waals surface area contributed by atoms with Crippen LogP contribution in [0, 0.1) is 0 Å². The highest BCUT2D eigenvalue weighted by molar-refractivity contribution is 7.99. The highest BCUT2D eigenvalue weighted by atomic mass is 32.2. The van der Waals surface area contributed by atoms with Gasteiger partial charge in [0.15, 0.2) is 5.78 Å². The summed E-state index contributed by atoms with van der Waals surface area (Å²) in [6, 6.07) is 0. The molecule has 1 heterocycles. The van der Waals surface area contributed by atoms with Gasteiger partial charge in [-0.25, -0.2) is 0 Å². The number of nitrogens with zero attached hydrogens (tertiary/aromatic N) is 1. The lowest BCUT2D eigenvalue weighted by Gasteiger charge is -2.20. The quantitative estimate of drug-likeness (QED) is 0.636. The molecule has 17 heavy (non-hydrogen) atoms. The Hall–Kier alpha value is -0.680. The number of rotatable bonds is 6. The van der Waals surface area contributed by atoms with Crippen LogP contribution in [0.1, 0.15) is 36.9 Å². The van der Waals surface area contributed by atoms with E-state index in [-0.39, 0.29) is 5.78 Å². The maximum absolute atomic E-state index is 11.8. The third kappa shape index (κ3) is 2.77. The van der Waals surface area contributed by atoms with E-state index >= 15 is 0 Å². The molecule has 2 N–H and O–H groups in total. The molecular weight excluding hydrogens is 252 g/mol. The molecule has 96 valence electrons. The molecular formula is C12H20N2OS2. The number of Topliss-reactive ketones (excluding diaryl/α,β-unsaturated/α-hetero) is 1. The molecule has 1 rings (SSSR count). The van der Waals surface area contributed by atoms with E-state index in [1.54, 1.807) is 11.8 Å². The van der Waals surface area contributed by atoms with Gasteiger partial charge in [0.1, 0.15) is 5.00 Å². The minimum atomic E-state index is 0.140. The molecule has 0 radical (unpaired) electrons. The monoisotopic (exact) mass is 272 g/mol. The molecule has 0 aromatic carbocycles. The second-order valence-electron chi connectivity index (χ2n) is 3.63. The van der Waals surface area contributed by atoms with Crippen LogP contribution in [-0.4, -0.2) is 25.1 Å². The Bertz CT molecular complexity index is 397. The highest BCUT2D eigenvalue weighted by Crippen LogP contribution is 2.44. The van der Waals surface area contributed by atoms with E-state index in [0.29, 0.717) is 12.1 Å². The van der Waals surface area contributed by atoms with E-state index in [1.807, 2.05) is 13.2 Å². The topological polar surface area (TPSA) is 46.3 Å². The van der Waals surface area contributed by atoms with Crippen LogP contribution in [0.15, 0.2) is 4.90 Å². The summed E-state index contributed by atoms with van der Waals surface area (Å²) in [5, 5.41) is 1.14. The number of carbonyl (C=O) groups excluding carboxylic acids is 1. The van der Waals surface area contributed by atoms with Crippen molar-refractivity contribution in [1.82, 2.24) is 0 Å². The minimum Gasteiger partial charge on any atom is -0.396 e. The Labute approximate surface area is 111 Å². The summed E-state index contributed by atoms with van der Waals surface area (Å²) in [6.45, 7) is 7.97. The molecule has 0 saturated carbocycles. The minimum absolute atomic E-state index is 0.140. The molecule has 0 aliphatic heterocycles. The van der Waals surface area contributed by atoms with Gasteiger partial charge in [-0.3, -0.25) is 4.79 Å². The van der Waals surface area contributed by atoms with Crippen LogP contribution in [-0.2, 0) is 0 Å². The van der Waals surface area contributed by atoms with Gasteiger partial charge in [0, 0.05) is 19.5 Å². The fraction of sp³-hybridized carbons (Fsp3) is 0.583. The number of nitrogens with two attached hydrogens (primary N) is 1. The Morgan fingerprint density at radius 1 is 1.35 bits per heavy atom. The predicted molar refractivity (Wildman–Crippen MR) is 78.7 cm³/mol. The van der Waals surface area contributed by atoms with Crippen LogP contribution < -0.4 is 10.6 Å². The van der Waals surface area contributed by atoms with Crippen molar-refractivity contribution in [2.45, 2.75) is 32.1 Å². The zero-order valence-electron chi connectivity index (χ0n) is 10.9. The summed E-state index contributed by atoms with van der Waals surface area (Å²) in [6.07, 6.45) is 2.52. The standard InChI is InChI=1S/C12H20N2OS2/c1-5-8(15)10-9(13)11(16-4)12(17-10)14(6-2)7-3/h5-7,13H2,1-4H3. The number of thioether (sulfide) groups is 1. The first-order chi connectivity index (χ1) is 8.10. The van der Waals surface area contributed by atoms with Crippen molar-refractivity contribution in [1.29, 1.82) is 0 Å². The summed E-state index contributed by atoms with van der Waals surface area (Å²) in [5.74, 6) is 0.140. The molecule has 0 fully saturated rings. The van der Waals surface area contributed by atoms with Gasteiger partial charge in [0.25, 0.3) is 0 Å². The van der Waals surface area contributed by atoms with E-state index in [2.05, 4.69) is 18.7 Å². The lowest BCUT2D eigenvalue weighted by Crippen LogP contribution is -2.21. The normalized spacial score (nSPS) is 10.6. The number of hydrogen-bond donors (Lipinski definition) is 1. The van der Waals surface area contributed by atoms with E-state index in [0.717, 1.165) is 27.9 Å². The molecule has 0 aliphatic carbocycles. The zero-order chi connectivity index (χ0) is 13.0. The number of anilines is 2. The van der Waals surface area contributed by atoms with E-state index in [1.165, 1.54) is 11.3 Å². The molecule has 0 amide bonds. The average Bonchev–Trinajstić information content (AvgIpc) is 2.67.